The summed E-state index contributed by atoms with van der Waals surface area (Å²) in [6, 6.07) is 9.32. The van der Waals surface area contributed by atoms with Gasteiger partial charge < -0.3 is 16.0 Å². The molecular weight excluding hydrogens is 410 g/mol. The Hall–Kier alpha value is -3.36. The van der Waals surface area contributed by atoms with E-state index in [1.54, 1.807) is 0 Å². The number of carbonyl (C=O) groups is 2. The van der Waals surface area contributed by atoms with E-state index in [-0.39, 0.29) is 48.6 Å². The summed E-state index contributed by atoms with van der Waals surface area (Å²) in [6.07, 6.45) is 1.70. The van der Waals surface area contributed by atoms with E-state index in [1.165, 1.54) is 9.47 Å². The second kappa shape index (κ2) is 11.9. The summed E-state index contributed by atoms with van der Waals surface area (Å²) in [7, 11) is 0. The molecule has 2 aromatic rings. The van der Waals surface area contributed by atoms with Gasteiger partial charge in [0.05, 0.1) is 6.42 Å². The molecule has 0 aliphatic rings. The van der Waals surface area contributed by atoms with Crippen LogP contribution in [-0.2, 0) is 22.6 Å². The smallest absolute Gasteiger partial charge is 0.330 e. The SMILES string of the molecule is CCCCN(C(=O)CCNC(=O)Cc1ccccc1)c1c(N)n(CC(C)C)c(=O)[nH]c1=O. The van der Waals surface area contributed by atoms with Gasteiger partial charge in [0.1, 0.15) is 5.82 Å². The van der Waals surface area contributed by atoms with Crippen LogP contribution in [0.2, 0.25) is 0 Å². The number of nitrogen functional groups attached to an aromatic ring is 1. The first-order chi connectivity index (χ1) is 15.2. The molecule has 1 aromatic heterocycles. The van der Waals surface area contributed by atoms with E-state index in [4.69, 9.17) is 5.73 Å². The van der Waals surface area contributed by atoms with Gasteiger partial charge in [0.25, 0.3) is 5.56 Å². The summed E-state index contributed by atoms with van der Waals surface area (Å²) in [5, 5.41) is 2.74. The molecule has 4 N–H and O–H groups in total. The molecule has 0 spiro atoms. The molecule has 9 nitrogen and oxygen atoms in total. The number of aromatic nitrogens is 2. The molecule has 2 rings (SSSR count). The fourth-order valence-electron chi connectivity index (χ4n) is 3.35. The number of hydrogen-bond donors (Lipinski definition) is 3. The predicted molar refractivity (Wildman–Crippen MR) is 126 cm³/mol. The molecule has 32 heavy (non-hydrogen) atoms. The van der Waals surface area contributed by atoms with Crippen molar-refractivity contribution in [2.45, 2.75) is 53.0 Å². The van der Waals surface area contributed by atoms with E-state index in [0.717, 1.165) is 12.0 Å². The van der Waals surface area contributed by atoms with Gasteiger partial charge in [-0.1, -0.05) is 57.5 Å². The quantitative estimate of drug-likeness (QED) is 0.486. The molecule has 0 fully saturated rings. The average Bonchev–Trinajstić information content (AvgIpc) is 2.73. The predicted octanol–water partition coefficient (Wildman–Crippen LogP) is 1.66. The second-order valence-electron chi connectivity index (χ2n) is 8.16. The fourth-order valence-corrected chi connectivity index (χ4v) is 3.35. The van der Waals surface area contributed by atoms with Gasteiger partial charge in [0.2, 0.25) is 11.8 Å². The normalized spacial score (nSPS) is 10.9. The van der Waals surface area contributed by atoms with Crippen LogP contribution in [0.3, 0.4) is 0 Å². The molecule has 0 aliphatic heterocycles. The van der Waals surface area contributed by atoms with Crippen LogP contribution in [0.1, 0.15) is 45.6 Å². The van der Waals surface area contributed by atoms with E-state index < -0.39 is 11.2 Å². The maximum Gasteiger partial charge on any atom is 0.330 e. The second-order valence-corrected chi connectivity index (χ2v) is 8.16. The zero-order chi connectivity index (χ0) is 23.7. The number of nitrogens with zero attached hydrogens (tertiary/aromatic N) is 2. The van der Waals surface area contributed by atoms with Gasteiger partial charge in [-0.2, -0.15) is 0 Å². The van der Waals surface area contributed by atoms with E-state index in [0.29, 0.717) is 19.5 Å². The molecule has 0 unspecified atom stereocenters. The van der Waals surface area contributed by atoms with Crippen molar-refractivity contribution in [3.05, 3.63) is 56.7 Å². The third kappa shape index (κ3) is 6.83. The van der Waals surface area contributed by atoms with Crippen LogP contribution >= 0.6 is 0 Å². The van der Waals surface area contributed by atoms with Gasteiger partial charge in [-0.3, -0.25) is 23.9 Å². The van der Waals surface area contributed by atoms with Gasteiger partial charge >= 0.3 is 5.69 Å². The van der Waals surface area contributed by atoms with Crippen LogP contribution in [0.25, 0.3) is 0 Å². The van der Waals surface area contributed by atoms with Crippen LogP contribution in [0.4, 0.5) is 11.5 Å². The Morgan fingerprint density at radius 1 is 1.19 bits per heavy atom. The fraction of sp³-hybridized carbons (Fsp3) is 0.478. The number of aromatic amines is 1. The lowest BCUT2D eigenvalue weighted by Gasteiger charge is -2.25. The molecule has 0 bridgehead atoms. The zero-order valence-electron chi connectivity index (χ0n) is 19.0. The molecule has 0 aliphatic carbocycles. The van der Waals surface area contributed by atoms with Gasteiger partial charge in [0.15, 0.2) is 5.69 Å². The third-order valence-electron chi connectivity index (χ3n) is 4.94. The standard InChI is InChI=1S/C23H33N5O4/c1-4-5-13-27(20-21(24)28(15-16(2)3)23(32)26-22(20)31)19(30)11-12-25-18(29)14-17-9-7-6-8-10-17/h6-10,16H,4-5,11-15,24H2,1-3H3,(H,25,29)(H,26,31,32). The van der Waals surface area contributed by atoms with Gasteiger partial charge in [-0.05, 0) is 17.9 Å². The average molecular weight is 444 g/mol. The van der Waals surface area contributed by atoms with Crippen molar-refractivity contribution in [1.29, 1.82) is 0 Å². The lowest BCUT2D eigenvalue weighted by molar-refractivity contribution is -0.121. The number of benzene rings is 1. The van der Waals surface area contributed by atoms with Crippen LogP contribution < -0.4 is 27.2 Å². The zero-order valence-corrected chi connectivity index (χ0v) is 19.0. The Labute approximate surface area is 187 Å². The number of unbranched alkanes of at least 4 members (excludes halogenated alkanes) is 1. The topological polar surface area (TPSA) is 130 Å². The van der Waals surface area contributed by atoms with Crippen molar-refractivity contribution in [2.75, 3.05) is 23.7 Å². The summed E-state index contributed by atoms with van der Waals surface area (Å²) in [4.78, 5) is 53.6. The van der Waals surface area contributed by atoms with Crippen LogP contribution in [0.5, 0.6) is 0 Å². The van der Waals surface area contributed by atoms with E-state index >= 15 is 0 Å². The first kappa shape index (κ1) is 24.9. The number of carbonyl (C=O) groups excluding carboxylic acids is 2. The molecular formula is C23H33N5O4. The minimum absolute atomic E-state index is 0.00638. The Kier molecular flexibility index (Phi) is 9.24. The third-order valence-corrected chi connectivity index (χ3v) is 4.94. The van der Waals surface area contributed by atoms with Crippen molar-refractivity contribution < 1.29 is 9.59 Å². The molecule has 0 saturated heterocycles. The van der Waals surface area contributed by atoms with Crippen molar-refractivity contribution in [1.82, 2.24) is 14.9 Å². The van der Waals surface area contributed by atoms with Crippen molar-refractivity contribution in [3.63, 3.8) is 0 Å². The van der Waals surface area contributed by atoms with E-state index in [9.17, 15) is 19.2 Å². The van der Waals surface area contributed by atoms with Crippen molar-refractivity contribution >= 4 is 23.3 Å². The Balaban J connectivity index is 2.15. The first-order valence-electron chi connectivity index (χ1n) is 11.0. The highest BCUT2D eigenvalue weighted by Gasteiger charge is 2.24. The number of nitrogens with one attached hydrogen (secondary N) is 2. The monoisotopic (exact) mass is 443 g/mol. The molecule has 9 heteroatoms. The van der Waals surface area contributed by atoms with E-state index in [2.05, 4.69) is 10.3 Å². The molecule has 1 aromatic carbocycles. The van der Waals surface area contributed by atoms with Gasteiger partial charge in [0, 0.05) is 26.1 Å². The number of amides is 2. The summed E-state index contributed by atoms with van der Waals surface area (Å²) in [5.74, 6) is -0.434. The van der Waals surface area contributed by atoms with E-state index in [1.807, 2.05) is 51.1 Å². The highest BCUT2D eigenvalue weighted by Crippen LogP contribution is 2.19. The summed E-state index contributed by atoms with van der Waals surface area (Å²) < 4.78 is 1.29. The number of nitrogens with two attached hydrogens (primary N) is 1. The maximum atomic E-state index is 13.0. The highest BCUT2D eigenvalue weighted by molar-refractivity contribution is 5.95. The molecule has 0 saturated carbocycles. The number of anilines is 2. The maximum absolute atomic E-state index is 13.0. The summed E-state index contributed by atoms with van der Waals surface area (Å²) in [5.41, 5.74) is 5.77. The molecule has 1 heterocycles. The Morgan fingerprint density at radius 3 is 2.50 bits per heavy atom. The van der Waals surface area contributed by atoms with Crippen LogP contribution in [0, 0.1) is 5.92 Å². The number of rotatable bonds is 11. The largest absolute Gasteiger partial charge is 0.383 e. The van der Waals surface area contributed by atoms with Crippen LogP contribution in [-0.4, -0.2) is 34.5 Å². The lowest BCUT2D eigenvalue weighted by atomic mass is 10.1. The van der Waals surface area contributed by atoms with Crippen molar-refractivity contribution in [3.8, 4) is 0 Å². The highest BCUT2D eigenvalue weighted by atomic mass is 16.2. The van der Waals surface area contributed by atoms with Gasteiger partial charge in [-0.25, -0.2) is 4.79 Å². The Bertz CT molecular complexity index is 1030. The summed E-state index contributed by atoms with van der Waals surface area (Å²) >= 11 is 0. The molecule has 174 valence electrons. The van der Waals surface area contributed by atoms with Crippen LogP contribution in [0.15, 0.2) is 39.9 Å². The minimum atomic E-state index is -0.690. The number of H-pyrrole nitrogens is 1. The van der Waals surface area contributed by atoms with Gasteiger partial charge in [-0.15, -0.1) is 0 Å². The molecule has 2 amide bonds. The van der Waals surface area contributed by atoms with Crippen molar-refractivity contribution in [2.24, 2.45) is 5.92 Å². The number of hydrogen-bond acceptors (Lipinski definition) is 5. The minimum Gasteiger partial charge on any atom is -0.383 e. The Morgan fingerprint density at radius 2 is 1.88 bits per heavy atom. The lowest BCUT2D eigenvalue weighted by Crippen LogP contribution is -2.43. The molecule has 0 radical (unpaired) electrons. The first-order valence-corrected chi connectivity index (χ1v) is 11.0. The summed E-state index contributed by atoms with van der Waals surface area (Å²) in [6.45, 7) is 6.57. The molecule has 0 atom stereocenters.